The molecule has 0 heterocycles. The maximum atomic E-state index is 10.4. The Labute approximate surface area is 96.3 Å². The smallest absolute Gasteiger partial charge is 0.218 e. The Morgan fingerprint density at radius 2 is 2.19 bits per heavy atom. The van der Waals surface area contributed by atoms with Gasteiger partial charge >= 0.3 is 0 Å². The summed E-state index contributed by atoms with van der Waals surface area (Å²) in [5, 5.41) is 12.5. The second-order valence-electron chi connectivity index (χ2n) is 4.31. The van der Waals surface area contributed by atoms with Gasteiger partial charge in [-0.2, -0.15) is 0 Å². The number of carbonyl (C=O) groups is 1. The number of carbonyl (C=O) groups excluding carboxylic acids is 1. The third-order valence-corrected chi connectivity index (χ3v) is 2.75. The molecule has 0 radical (unpaired) electrons. The average molecular weight is 230 g/mol. The Bertz CT molecular complexity index is 205. The summed E-state index contributed by atoms with van der Waals surface area (Å²) in [4.78, 5) is 10.4. The van der Waals surface area contributed by atoms with Gasteiger partial charge in [-0.05, 0) is 12.8 Å². The number of nitrogens with two attached hydrogens (primary N) is 1. The minimum atomic E-state index is -0.506. The third-order valence-electron chi connectivity index (χ3n) is 2.75. The molecule has 0 aromatic rings. The molecule has 1 unspecified atom stereocenters. The number of primary amides is 1. The van der Waals surface area contributed by atoms with Gasteiger partial charge in [0.25, 0.3) is 0 Å². The van der Waals surface area contributed by atoms with Crippen molar-refractivity contribution >= 4 is 5.91 Å². The van der Waals surface area contributed by atoms with Crippen LogP contribution in [-0.4, -0.2) is 42.9 Å². The van der Waals surface area contributed by atoms with Gasteiger partial charge in [-0.15, -0.1) is 0 Å². The predicted molar refractivity (Wildman–Crippen MR) is 60.9 cm³/mol. The lowest BCUT2D eigenvalue weighted by Gasteiger charge is -2.15. The van der Waals surface area contributed by atoms with Crippen LogP contribution in [0, 0.1) is 0 Å². The summed E-state index contributed by atoms with van der Waals surface area (Å²) in [6.45, 7) is 1.32. The van der Waals surface area contributed by atoms with Crippen molar-refractivity contribution < 1.29 is 14.6 Å². The molecule has 0 aromatic carbocycles. The number of aliphatic hydroxyl groups excluding tert-OH is 1. The molecule has 0 spiro atoms. The van der Waals surface area contributed by atoms with Crippen molar-refractivity contribution in [2.45, 2.75) is 44.3 Å². The topological polar surface area (TPSA) is 84.6 Å². The molecule has 0 saturated heterocycles. The van der Waals surface area contributed by atoms with Gasteiger partial charge in [-0.1, -0.05) is 12.8 Å². The van der Waals surface area contributed by atoms with Crippen LogP contribution in [0.2, 0.25) is 0 Å². The van der Waals surface area contributed by atoms with Crippen LogP contribution in [-0.2, 0) is 9.53 Å². The quantitative estimate of drug-likeness (QED) is 0.503. The normalized spacial score (nSPS) is 18.8. The van der Waals surface area contributed by atoms with E-state index in [9.17, 15) is 9.90 Å². The van der Waals surface area contributed by atoms with Crippen molar-refractivity contribution in [3.05, 3.63) is 0 Å². The zero-order valence-electron chi connectivity index (χ0n) is 9.65. The largest absolute Gasteiger partial charge is 0.389 e. The number of rotatable bonds is 8. The van der Waals surface area contributed by atoms with E-state index in [-0.39, 0.29) is 5.91 Å². The molecule has 1 fully saturated rings. The Kier molecular flexibility index (Phi) is 6.37. The molecule has 1 atom stereocenters. The summed E-state index contributed by atoms with van der Waals surface area (Å²) >= 11 is 0. The van der Waals surface area contributed by atoms with Gasteiger partial charge in [0.05, 0.1) is 18.8 Å². The monoisotopic (exact) mass is 230 g/mol. The van der Waals surface area contributed by atoms with Crippen molar-refractivity contribution in [2.75, 3.05) is 19.7 Å². The molecule has 1 rings (SSSR count). The van der Waals surface area contributed by atoms with Gasteiger partial charge in [-0.3, -0.25) is 4.79 Å². The molecular weight excluding hydrogens is 208 g/mol. The molecule has 1 amide bonds. The predicted octanol–water partition coefficient (Wildman–Crippen LogP) is -0.228. The van der Waals surface area contributed by atoms with Crippen molar-refractivity contribution in [1.29, 1.82) is 0 Å². The Balaban J connectivity index is 1.93. The second kappa shape index (κ2) is 7.60. The van der Waals surface area contributed by atoms with Crippen molar-refractivity contribution in [1.82, 2.24) is 5.32 Å². The molecular formula is C11H22N2O3. The summed E-state index contributed by atoms with van der Waals surface area (Å²) in [6.07, 6.45) is 4.82. The molecule has 94 valence electrons. The minimum absolute atomic E-state index is 0.302. The first-order valence-corrected chi connectivity index (χ1v) is 5.97. The van der Waals surface area contributed by atoms with E-state index in [0.717, 1.165) is 12.8 Å². The van der Waals surface area contributed by atoms with Crippen LogP contribution in [0.1, 0.15) is 32.1 Å². The van der Waals surface area contributed by atoms with Crippen molar-refractivity contribution in [2.24, 2.45) is 5.73 Å². The van der Waals surface area contributed by atoms with Crippen molar-refractivity contribution in [3.8, 4) is 0 Å². The third kappa shape index (κ3) is 6.05. The second-order valence-corrected chi connectivity index (χ2v) is 4.31. The molecule has 0 aromatic heterocycles. The Morgan fingerprint density at radius 1 is 1.50 bits per heavy atom. The fourth-order valence-corrected chi connectivity index (χ4v) is 1.84. The maximum absolute atomic E-state index is 10.4. The van der Waals surface area contributed by atoms with E-state index in [1.807, 2.05) is 0 Å². The van der Waals surface area contributed by atoms with E-state index < -0.39 is 6.10 Å². The van der Waals surface area contributed by atoms with Gasteiger partial charge in [-0.25, -0.2) is 0 Å². The minimum Gasteiger partial charge on any atom is -0.389 e. The van der Waals surface area contributed by atoms with Crippen LogP contribution in [0.25, 0.3) is 0 Å². The molecule has 0 aliphatic heterocycles. The first kappa shape index (κ1) is 13.4. The summed E-state index contributed by atoms with van der Waals surface area (Å²) in [7, 11) is 0. The standard InChI is InChI=1S/C11H22N2O3/c12-11(15)5-6-13-7-9(14)8-16-10-3-1-2-4-10/h9-10,13-14H,1-8H2,(H2,12,15). The van der Waals surface area contributed by atoms with E-state index in [2.05, 4.69) is 5.32 Å². The number of hydrogen-bond donors (Lipinski definition) is 3. The first-order valence-electron chi connectivity index (χ1n) is 5.97. The molecule has 0 bridgehead atoms. The zero-order valence-corrected chi connectivity index (χ0v) is 9.65. The number of aliphatic hydroxyl groups is 1. The lowest BCUT2D eigenvalue weighted by Crippen LogP contribution is -2.33. The number of nitrogens with one attached hydrogen (secondary N) is 1. The highest BCUT2D eigenvalue weighted by Gasteiger charge is 2.16. The molecule has 4 N–H and O–H groups in total. The lowest BCUT2D eigenvalue weighted by atomic mass is 10.3. The van der Waals surface area contributed by atoms with Gasteiger partial charge < -0.3 is 20.9 Å². The van der Waals surface area contributed by atoms with Gasteiger partial charge in [0.2, 0.25) is 5.91 Å². The van der Waals surface area contributed by atoms with E-state index in [1.54, 1.807) is 0 Å². The summed E-state index contributed by atoms with van der Waals surface area (Å²) in [5.74, 6) is -0.329. The van der Waals surface area contributed by atoms with Gasteiger partial charge in [0.1, 0.15) is 0 Å². The summed E-state index contributed by atoms with van der Waals surface area (Å²) in [6, 6.07) is 0. The zero-order chi connectivity index (χ0) is 11.8. The molecule has 1 saturated carbocycles. The van der Waals surface area contributed by atoms with E-state index in [0.29, 0.717) is 32.2 Å². The fraction of sp³-hybridized carbons (Fsp3) is 0.909. The first-order chi connectivity index (χ1) is 7.68. The Hall–Kier alpha value is -0.650. The summed E-state index contributed by atoms with van der Waals surface area (Å²) < 4.78 is 5.56. The van der Waals surface area contributed by atoms with Crippen LogP contribution in [0.3, 0.4) is 0 Å². The van der Waals surface area contributed by atoms with Crippen LogP contribution in [0.15, 0.2) is 0 Å². The van der Waals surface area contributed by atoms with Crippen LogP contribution in [0.5, 0.6) is 0 Å². The number of amides is 1. The van der Waals surface area contributed by atoms with Gasteiger partial charge in [0.15, 0.2) is 0 Å². The Morgan fingerprint density at radius 3 is 2.81 bits per heavy atom. The highest BCUT2D eigenvalue weighted by Crippen LogP contribution is 2.20. The highest BCUT2D eigenvalue weighted by atomic mass is 16.5. The van der Waals surface area contributed by atoms with E-state index in [1.165, 1.54) is 12.8 Å². The van der Waals surface area contributed by atoms with Crippen LogP contribution in [0.4, 0.5) is 0 Å². The highest BCUT2D eigenvalue weighted by molar-refractivity contribution is 5.73. The molecule has 1 aliphatic rings. The van der Waals surface area contributed by atoms with Crippen LogP contribution < -0.4 is 11.1 Å². The van der Waals surface area contributed by atoms with Crippen LogP contribution >= 0.6 is 0 Å². The molecule has 1 aliphatic carbocycles. The molecule has 16 heavy (non-hydrogen) atoms. The number of ether oxygens (including phenoxy) is 1. The lowest BCUT2D eigenvalue weighted by molar-refractivity contribution is -0.117. The van der Waals surface area contributed by atoms with E-state index >= 15 is 0 Å². The SMILES string of the molecule is NC(=O)CCNCC(O)COC1CCCC1. The molecule has 5 heteroatoms. The van der Waals surface area contributed by atoms with E-state index in [4.69, 9.17) is 10.5 Å². The number of hydrogen-bond acceptors (Lipinski definition) is 4. The van der Waals surface area contributed by atoms with Crippen molar-refractivity contribution in [3.63, 3.8) is 0 Å². The summed E-state index contributed by atoms with van der Waals surface area (Å²) in [5.41, 5.74) is 4.98. The fourth-order valence-electron chi connectivity index (χ4n) is 1.84. The average Bonchev–Trinajstić information content (AvgIpc) is 2.74. The maximum Gasteiger partial charge on any atom is 0.218 e. The molecule has 5 nitrogen and oxygen atoms in total. The van der Waals surface area contributed by atoms with Gasteiger partial charge in [0, 0.05) is 19.5 Å².